The number of hydrogen-bond donors (Lipinski definition) is 2. The number of nitrogens with zero attached hydrogens (tertiary/aromatic N) is 2. The van der Waals surface area contributed by atoms with Gasteiger partial charge in [0, 0.05) is 12.4 Å². The standard InChI is InChI=1S/C13H11N3O4/c1-20-13(19)8-3-2-4-9(11(8)17)16-12(18)10-7-14-5-6-15-10/h2-7,17H,1H3,(H,16,18). The number of phenolic OH excluding ortho intramolecular Hbond substituents is 1. The fourth-order valence-corrected chi connectivity index (χ4v) is 1.52. The van der Waals surface area contributed by atoms with Crippen LogP contribution in [0.15, 0.2) is 36.8 Å². The van der Waals surface area contributed by atoms with E-state index in [1.807, 2.05) is 0 Å². The molecule has 2 N–H and O–H groups in total. The van der Waals surface area contributed by atoms with Crippen molar-refractivity contribution in [2.24, 2.45) is 0 Å². The molecular formula is C13H11N3O4. The number of carbonyl (C=O) groups is 2. The average molecular weight is 273 g/mol. The van der Waals surface area contributed by atoms with Gasteiger partial charge < -0.3 is 15.2 Å². The van der Waals surface area contributed by atoms with E-state index >= 15 is 0 Å². The van der Waals surface area contributed by atoms with Crippen molar-refractivity contribution in [2.75, 3.05) is 12.4 Å². The Morgan fingerprint density at radius 2 is 2.10 bits per heavy atom. The number of nitrogens with one attached hydrogen (secondary N) is 1. The fourth-order valence-electron chi connectivity index (χ4n) is 1.52. The third-order valence-corrected chi connectivity index (χ3v) is 2.49. The van der Waals surface area contributed by atoms with Crippen molar-refractivity contribution < 1.29 is 19.4 Å². The lowest BCUT2D eigenvalue weighted by atomic mass is 10.1. The summed E-state index contributed by atoms with van der Waals surface area (Å²) in [4.78, 5) is 30.9. The lowest BCUT2D eigenvalue weighted by Gasteiger charge is -2.09. The van der Waals surface area contributed by atoms with Crippen molar-refractivity contribution in [1.29, 1.82) is 0 Å². The van der Waals surface area contributed by atoms with Crippen LogP contribution in [0.1, 0.15) is 20.8 Å². The molecule has 20 heavy (non-hydrogen) atoms. The molecule has 0 fully saturated rings. The molecule has 0 saturated carbocycles. The van der Waals surface area contributed by atoms with Crippen molar-refractivity contribution in [3.05, 3.63) is 48.0 Å². The summed E-state index contributed by atoms with van der Waals surface area (Å²) in [5, 5.41) is 12.4. The molecule has 0 aliphatic carbocycles. The van der Waals surface area contributed by atoms with Gasteiger partial charge in [0.1, 0.15) is 11.3 Å². The Balaban J connectivity index is 2.26. The number of aromatic nitrogens is 2. The predicted octanol–water partition coefficient (Wildman–Crippen LogP) is 1.22. The zero-order valence-corrected chi connectivity index (χ0v) is 10.5. The Labute approximate surface area is 114 Å². The van der Waals surface area contributed by atoms with Gasteiger partial charge in [-0.05, 0) is 12.1 Å². The third-order valence-electron chi connectivity index (χ3n) is 2.49. The number of anilines is 1. The Morgan fingerprint density at radius 3 is 2.75 bits per heavy atom. The lowest BCUT2D eigenvalue weighted by molar-refractivity contribution is 0.0597. The minimum Gasteiger partial charge on any atom is -0.505 e. The third kappa shape index (κ3) is 2.72. The van der Waals surface area contributed by atoms with Gasteiger partial charge in [-0.15, -0.1) is 0 Å². The first-order valence-corrected chi connectivity index (χ1v) is 5.61. The normalized spacial score (nSPS) is 9.85. The summed E-state index contributed by atoms with van der Waals surface area (Å²) in [5.41, 5.74) is 0.142. The molecule has 0 spiro atoms. The monoisotopic (exact) mass is 273 g/mol. The summed E-state index contributed by atoms with van der Waals surface area (Å²) in [7, 11) is 1.20. The molecule has 102 valence electrons. The van der Waals surface area contributed by atoms with Crippen LogP contribution in [0.4, 0.5) is 5.69 Å². The van der Waals surface area contributed by atoms with Gasteiger partial charge in [0.05, 0.1) is 19.0 Å². The van der Waals surface area contributed by atoms with Gasteiger partial charge in [-0.2, -0.15) is 0 Å². The lowest BCUT2D eigenvalue weighted by Crippen LogP contribution is -2.14. The van der Waals surface area contributed by atoms with Crippen LogP contribution in [0, 0.1) is 0 Å². The van der Waals surface area contributed by atoms with Crippen LogP contribution >= 0.6 is 0 Å². The van der Waals surface area contributed by atoms with Crippen molar-refractivity contribution in [1.82, 2.24) is 9.97 Å². The molecule has 1 amide bonds. The quantitative estimate of drug-likeness (QED) is 0.644. The number of aromatic hydroxyl groups is 1. The van der Waals surface area contributed by atoms with E-state index in [9.17, 15) is 14.7 Å². The van der Waals surface area contributed by atoms with Gasteiger partial charge in [-0.1, -0.05) is 6.07 Å². The molecule has 7 heteroatoms. The van der Waals surface area contributed by atoms with E-state index in [1.54, 1.807) is 0 Å². The summed E-state index contributed by atoms with van der Waals surface area (Å²) in [6.45, 7) is 0. The molecule has 2 aromatic rings. The second kappa shape index (κ2) is 5.79. The minimum atomic E-state index is -0.696. The van der Waals surface area contributed by atoms with E-state index in [1.165, 1.54) is 43.9 Å². The second-order valence-electron chi connectivity index (χ2n) is 3.74. The summed E-state index contributed by atoms with van der Waals surface area (Å²) >= 11 is 0. The average Bonchev–Trinajstić information content (AvgIpc) is 2.49. The highest BCUT2D eigenvalue weighted by Gasteiger charge is 2.16. The second-order valence-corrected chi connectivity index (χ2v) is 3.74. The molecule has 1 aromatic heterocycles. The van der Waals surface area contributed by atoms with Gasteiger partial charge in [0.2, 0.25) is 0 Å². The first-order chi connectivity index (χ1) is 9.63. The van der Waals surface area contributed by atoms with Gasteiger partial charge in [0.15, 0.2) is 5.75 Å². The molecule has 2 rings (SSSR count). The first-order valence-electron chi connectivity index (χ1n) is 5.61. The maximum absolute atomic E-state index is 11.9. The van der Waals surface area contributed by atoms with Gasteiger partial charge >= 0.3 is 5.97 Å². The molecular weight excluding hydrogens is 262 g/mol. The van der Waals surface area contributed by atoms with Crippen LogP contribution in [0.5, 0.6) is 5.75 Å². The molecule has 0 bridgehead atoms. The number of rotatable bonds is 3. The molecule has 0 saturated heterocycles. The maximum atomic E-state index is 11.9. The summed E-state index contributed by atoms with van der Waals surface area (Å²) in [5.74, 6) is -1.61. The van der Waals surface area contributed by atoms with E-state index < -0.39 is 11.9 Å². The Hall–Kier alpha value is -2.96. The van der Waals surface area contributed by atoms with Gasteiger partial charge in [0.25, 0.3) is 5.91 Å². The molecule has 7 nitrogen and oxygen atoms in total. The van der Waals surface area contributed by atoms with E-state index in [0.717, 1.165) is 0 Å². The number of carbonyl (C=O) groups excluding carboxylic acids is 2. The molecule has 0 radical (unpaired) electrons. The largest absolute Gasteiger partial charge is 0.505 e. The van der Waals surface area contributed by atoms with E-state index in [0.29, 0.717) is 0 Å². The molecule has 0 atom stereocenters. The van der Waals surface area contributed by atoms with Gasteiger partial charge in [-0.25, -0.2) is 9.78 Å². The van der Waals surface area contributed by atoms with Crippen molar-refractivity contribution in [2.45, 2.75) is 0 Å². The van der Waals surface area contributed by atoms with Crippen LogP contribution in [0.25, 0.3) is 0 Å². The van der Waals surface area contributed by atoms with Crippen LogP contribution in [0.2, 0.25) is 0 Å². The van der Waals surface area contributed by atoms with Crippen molar-refractivity contribution in [3.63, 3.8) is 0 Å². The predicted molar refractivity (Wildman–Crippen MR) is 69.4 cm³/mol. The molecule has 1 aromatic carbocycles. The van der Waals surface area contributed by atoms with Crippen LogP contribution < -0.4 is 5.32 Å². The number of amides is 1. The molecule has 1 heterocycles. The summed E-state index contributed by atoms with van der Waals surface area (Å²) in [6.07, 6.45) is 4.10. The van der Waals surface area contributed by atoms with E-state index in [4.69, 9.17) is 0 Å². The SMILES string of the molecule is COC(=O)c1cccc(NC(=O)c2cnccn2)c1O. The maximum Gasteiger partial charge on any atom is 0.341 e. The summed E-state index contributed by atoms with van der Waals surface area (Å²) in [6, 6.07) is 4.35. The van der Waals surface area contributed by atoms with Crippen LogP contribution in [-0.2, 0) is 4.74 Å². The van der Waals surface area contributed by atoms with Crippen LogP contribution in [0.3, 0.4) is 0 Å². The highest BCUT2D eigenvalue weighted by molar-refractivity contribution is 6.05. The number of benzene rings is 1. The van der Waals surface area contributed by atoms with E-state index in [2.05, 4.69) is 20.0 Å². The number of methoxy groups -OCH3 is 1. The Bertz CT molecular complexity index is 643. The van der Waals surface area contributed by atoms with Crippen molar-refractivity contribution >= 4 is 17.6 Å². The topological polar surface area (TPSA) is 101 Å². The van der Waals surface area contributed by atoms with Crippen molar-refractivity contribution in [3.8, 4) is 5.75 Å². The number of hydrogen-bond acceptors (Lipinski definition) is 6. The molecule has 0 aliphatic heterocycles. The van der Waals surface area contributed by atoms with Crippen LogP contribution in [-0.4, -0.2) is 34.1 Å². The number of ether oxygens (including phenoxy) is 1. The number of phenols is 1. The smallest absolute Gasteiger partial charge is 0.341 e. The first kappa shape index (κ1) is 13.5. The fraction of sp³-hybridized carbons (Fsp3) is 0.0769. The zero-order chi connectivity index (χ0) is 14.5. The minimum absolute atomic E-state index is 0.0376. The van der Waals surface area contributed by atoms with E-state index in [-0.39, 0.29) is 22.7 Å². The summed E-state index contributed by atoms with van der Waals surface area (Å²) < 4.78 is 4.53. The highest BCUT2D eigenvalue weighted by Crippen LogP contribution is 2.28. The number of esters is 1. The number of para-hydroxylation sites is 1. The zero-order valence-electron chi connectivity index (χ0n) is 10.5. The molecule has 0 unspecified atom stereocenters. The Morgan fingerprint density at radius 1 is 1.30 bits per heavy atom. The van der Waals surface area contributed by atoms with Gasteiger partial charge in [-0.3, -0.25) is 9.78 Å². The Kier molecular flexibility index (Phi) is 3.90. The molecule has 0 aliphatic rings. The highest BCUT2D eigenvalue weighted by atomic mass is 16.5.